The summed E-state index contributed by atoms with van der Waals surface area (Å²) in [5.41, 5.74) is 3.28. The van der Waals surface area contributed by atoms with E-state index in [0.29, 0.717) is 37.3 Å². The molecule has 2 aromatic rings. The van der Waals surface area contributed by atoms with Gasteiger partial charge in [0, 0.05) is 6.54 Å². The highest BCUT2D eigenvalue weighted by atomic mass is 16.5. The highest BCUT2D eigenvalue weighted by Crippen LogP contribution is 2.28. The minimum atomic E-state index is -1.02. The van der Waals surface area contributed by atoms with E-state index < -0.39 is 6.10 Å². The molecule has 2 rings (SSSR count). The van der Waals surface area contributed by atoms with E-state index >= 15 is 0 Å². The number of ether oxygens (including phenoxy) is 2. The molecule has 0 heterocycles. The second-order valence-electron chi connectivity index (χ2n) is 6.56. The second-order valence-corrected chi connectivity index (χ2v) is 6.56. The molecule has 0 spiro atoms. The lowest BCUT2D eigenvalue weighted by molar-refractivity contribution is -0.129. The van der Waals surface area contributed by atoms with E-state index in [1.807, 2.05) is 43.3 Å². The zero-order valence-electron chi connectivity index (χ0n) is 16.4. The van der Waals surface area contributed by atoms with Crippen LogP contribution in [0.25, 0.3) is 0 Å². The number of amides is 1. The van der Waals surface area contributed by atoms with E-state index in [1.54, 1.807) is 13.2 Å². The molecule has 0 fully saturated rings. The zero-order valence-corrected chi connectivity index (χ0v) is 16.4. The van der Waals surface area contributed by atoms with E-state index in [-0.39, 0.29) is 12.5 Å². The summed E-state index contributed by atoms with van der Waals surface area (Å²) in [6.07, 6.45) is 5.85. The maximum absolute atomic E-state index is 12.1. The predicted octanol–water partition coefficient (Wildman–Crippen LogP) is 2.67. The molecular formula is C23H27NO4. The predicted molar refractivity (Wildman–Crippen MR) is 110 cm³/mol. The van der Waals surface area contributed by atoms with Gasteiger partial charge in [-0.1, -0.05) is 41.8 Å². The number of rotatable bonds is 10. The van der Waals surface area contributed by atoms with E-state index in [2.05, 4.69) is 11.2 Å². The summed E-state index contributed by atoms with van der Waals surface area (Å²) >= 11 is 0. The van der Waals surface area contributed by atoms with Crippen LogP contribution in [0.15, 0.2) is 42.5 Å². The van der Waals surface area contributed by atoms with Crippen molar-refractivity contribution in [2.24, 2.45) is 0 Å². The summed E-state index contributed by atoms with van der Waals surface area (Å²) in [7, 11) is 1.56. The molecule has 2 aromatic carbocycles. The van der Waals surface area contributed by atoms with Crippen LogP contribution < -0.4 is 14.8 Å². The van der Waals surface area contributed by atoms with Crippen molar-refractivity contribution in [2.45, 2.75) is 32.3 Å². The number of carbonyl (C=O) groups is 1. The van der Waals surface area contributed by atoms with Crippen molar-refractivity contribution in [1.82, 2.24) is 5.32 Å². The highest BCUT2D eigenvalue weighted by molar-refractivity contribution is 5.80. The van der Waals surface area contributed by atoms with Crippen molar-refractivity contribution in [2.75, 3.05) is 20.3 Å². The van der Waals surface area contributed by atoms with E-state index in [9.17, 15) is 9.90 Å². The number of hydrogen-bond donors (Lipinski definition) is 2. The topological polar surface area (TPSA) is 67.8 Å². The molecule has 0 saturated heterocycles. The van der Waals surface area contributed by atoms with Crippen LogP contribution in [0.1, 0.15) is 23.1 Å². The van der Waals surface area contributed by atoms with Gasteiger partial charge in [0.2, 0.25) is 5.91 Å². The van der Waals surface area contributed by atoms with Crippen molar-refractivity contribution in [3.05, 3.63) is 59.2 Å². The maximum Gasteiger partial charge on any atom is 0.248 e. The summed E-state index contributed by atoms with van der Waals surface area (Å²) in [5, 5.41) is 12.8. The first-order chi connectivity index (χ1) is 13.5. The van der Waals surface area contributed by atoms with Gasteiger partial charge in [-0.15, -0.1) is 6.42 Å². The van der Waals surface area contributed by atoms with Crippen LogP contribution in [-0.4, -0.2) is 37.4 Å². The van der Waals surface area contributed by atoms with Gasteiger partial charge in [0.1, 0.15) is 12.7 Å². The Hall–Kier alpha value is -2.97. The molecule has 0 saturated carbocycles. The van der Waals surface area contributed by atoms with Gasteiger partial charge < -0.3 is 19.9 Å². The number of carbonyl (C=O) groups excluding carboxylic acids is 1. The Labute approximate surface area is 166 Å². The number of aryl methyl sites for hydroxylation is 2. The number of nitrogens with one attached hydrogen (secondary N) is 1. The third kappa shape index (κ3) is 6.64. The van der Waals surface area contributed by atoms with E-state index in [4.69, 9.17) is 15.9 Å². The Morgan fingerprint density at radius 2 is 1.86 bits per heavy atom. The number of aliphatic hydroxyl groups excluding tert-OH is 1. The summed E-state index contributed by atoms with van der Waals surface area (Å²) < 4.78 is 10.7. The van der Waals surface area contributed by atoms with Crippen molar-refractivity contribution < 1.29 is 19.4 Å². The number of terminal acetylenes is 1. The third-order valence-electron chi connectivity index (χ3n) is 4.38. The number of hydrogen-bond acceptors (Lipinski definition) is 4. The Balaban J connectivity index is 1.77. The molecule has 5 nitrogen and oxygen atoms in total. The molecule has 0 aliphatic rings. The normalized spacial score (nSPS) is 11.4. The molecule has 5 heteroatoms. The monoisotopic (exact) mass is 381 g/mol. The van der Waals surface area contributed by atoms with Gasteiger partial charge in [0.25, 0.3) is 0 Å². The van der Waals surface area contributed by atoms with Gasteiger partial charge in [0.05, 0.1) is 7.11 Å². The first-order valence-electron chi connectivity index (χ1n) is 9.28. The Kier molecular flexibility index (Phi) is 8.38. The van der Waals surface area contributed by atoms with E-state index in [1.165, 1.54) is 5.56 Å². The molecule has 1 atom stereocenters. The minimum Gasteiger partial charge on any atom is -0.493 e. The smallest absolute Gasteiger partial charge is 0.248 e. The lowest BCUT2D eigenvalue weighted by Crippen LogP contribution is -2.36. The molecule has 1 amide bonds. The maximum atomic E-state index is 12.1. The molecule has 0 radical (unpaired) electrons. The van der Waals surface area contributed by atoms with Crippen LogP contribution in [0.3, 0.4) is 0 Å². The summed E-state index contributed by atoms with van der Waals surface area (Å²) in [5.74, 6) is 3.24. The molecular weight excluding hydrogens is 354 g/mol. The van der Waals surface area contributed by atoms with Gasteiger partial charge in [-0.3, -0.25) is 4.79 Å². The standard InChI is InChI=1S/C23H27NO4/c1-4-15-28-21-12-10-19(16-22(21)27-3)13-14-24-23(26)20(25)11-9-18-7-5-17(2)6-8-18/h1,5-8,10,12,16,20,25H,9,11,13-15H2,2-3H3,(H,24,26)/t20-/m0/s1. The fourth-order valence-corrected chi connectivity index (χ4v) is 2.74. The van der Waals surface area contributed by atoms with Crippen molar-refractivity contribution in [3.8, 4) is 23.8 Å². The molecule has 0 unspecified atom stereocenters. The fraction of sp³-hybridized carbons (Fsp3) is 0.348. The van der Waals surface area contributed by atoms with Gasteiger partial charge in [-0.2, -0.15) is 0 Å². The largest absolute Gasteiger partial charge is 0.493 e. The quantitative estimate of drug-likeness (QED) is 0.621. The zero-order chi connectivity index (χ0) is 20.4. The van der Waals surface area contributed by atoms with Gasteiger partial charge >= 0.3 is 0 Å². The SMILES string of the molecule is C#CCOc1ccc(CCNC(=O)[C@@H](O)CCc2ccc(C)cc2)cc1OC. The summed E-state index contributed by atoms with van der Waals surface area (Å²) in [4.78, 5) is 12.1. The lowest BCUT2D eigenvalue weighted by Gasteiger charge is -2.13. The van der Waals surface area contributed by atoms with Crippen LogP contribution in [0.2, 0.25) is 0 Å². The molecule has 0 bridgehead atoms. The van der Waals surface area contributed by atoms with Gasteiger partial charge in [-0.05, 0) is 49.4 Å². The van der Waals surface area contributed by atoms with Crippen LogP contribution >= 0.6 is 0 Å². The van der Waals surface area contributed by atoms with Gasteiger partial charge in [-0.25, -0.2) is 0 Å². The molecule has 148 valence electrons. The Morgan fingerprint density at radius 3 is 2.54 bits per heavy atom. The highest BCUT2D eigenvalue weighted by Gasteiger charge is 2.14. The van der Waals surface area contributed by atoms with Crippen molar-refractivity contribution in [3.63, 3.8) is 0 Å². The van der Waals surface area contributed by atoms with Crippen LogP contribution in [-0.2, 0) is 17.6 Å². The Morgan fingerprint density at radius 1 is 1.14 bits per heavy atom. The first-order valence-corrected chi connectivity index (χ1v) is 9.28. The number of aliphatic hydroxyl groups is 1. The van der Waals surface area contributed by atoms with Crippen LogP contribution in [0, 0.1) is 19.3 Å². The third-order valence-corrected chi connectivity index (χ3v) is 4.38. The van der Waals surface area contributed by atoms with Gasteiger partial charge in [0.15, 0.2) is 11.5 Å². The molecule has 2 N–H and O–H groups in total. The average Bonchev–Trinajstić information content (AvgIpc) is 2.71. The number of benzene rings is 2. The average molecular weight is 381 g/mol. The first kappa shape index (κ1) is 21.3. The van der Waals surface area contributed by atoms with Crippen molar-refractivity contribution in [1.29, 1.82) is 0 Å². The minimum absolute atomic E-state index is 0.173. The molecule has 28 heavy (non-hydrogen) atoms. The summed E-state index contributed by atoms with van der Waals surface area (Å²) in [6.45, 7) is 2.62. The Bertz CT molecular complexity index is 808. The van der Waals surface area contributed by atoms with Crippen molar-refractivity contribution >= 4 is 5.91 Å². The van der Waals surface area contributed by atoms with E-state index in [0.717, 1.165) is 11.1 Å². The lowest BCUT2D eigenvalue weighted by atomic mass is 10.0. The fourth-order valence-electron chi connectivity index (χ4n) is 2.74. The molecule has 0 aromatic heterocycles. The second kappa shape index (κ2) is 11.0. The number of methoxy groups -OCH3 is 1. The van der Waals surface area contributed by atoms with Crippen LogP contribution in [0.4, 0.5) is 0 Å². The molecule has 0 aliphatic heterocycles. The summed E-state index contributed by atoms with van der Waals surface area (Å²) in [6, 6.07) is 13.6. The molecule has 0 aliphatic carbocycles. The van der Waals surface area contributed by atoms with Crippen LogP contribution in [0.5, 0.6) is 11.5 Å².